The van der Waals surface area contributed by atoms with E-state index in [1.54, 1.807) is 0 Å². The van der Waals surface area contributed by atoms with Crippen molar-refractivity contribution in [3.63, 3.8) is 0 Å². The van der Waals surface area contributed by atoms with Gasteiger partial charge in [0, 0.05) is 6.42 Å². The van der Waals surface area contributed by atoms with Gasteiger partial charge in [0.05, 0.1) is 5.41 Å². The minimum Gasteiger partial charge on any atom is -0.382 e. The Morgan fingerprint density at radius 3 is 2.80 bits per heavy atom. The highest BCUT2D eigenvalue weighted by atomic mass is 16.1. The third-order valence-electron chi connectivity index (χ3n) is 5.62. The van der Waals surface area contributed by atoms with E-state index in [1.165, 1.54) is 6.33 Å². The first kappa shape index (κ1) is 11.8. The summed E-state index contributed by atoms with van der Waals surface area (Å²) in [7, 11) is 0. The van der Waals surface area contributed by atoms with Crippen LogP contribution in [0.3, 0.4) is 0 Å². The number of ketones is 1. The first-order chi connectivity index (χ1) is 9.47. The number of nitrogens with zero attached hydrogens (tertiary/aromatic N) is 3. The Balaban J connectivity index is 1.98. The average Bonchev–Trinajstić information content (AvgIpc) is 2.98. The first-order valence-corrected chi connectivity index (χ1v) is 6.97. The molecule has 2 saturated carbocycles. The van der Waals surface area contributed by atoms with E-state index in [2.05, 4.69) is 33.8 Å². The number of aromatic nitrogens is 4. The van der Waals surface area contributed by atoms with Crippen molar-refractivity contribution < 1.29 is 4.79 Å². The van der Waals surface area contributed by atoms with Gasteiger partial charge in [-0.05, 0) is 24.2 Å². The number of H-pyrrole nitrogens is 1. The Labute approximate surface area is 116 Å². The predicted octanol–water partition coefficient (Wildman–Crippen LogP) is 1.58. The summed E-state index contributed by atoms with van der Waals surface area (Å²) in [6.45, 7) is 4.36. The van der Waals surface area contributed by atoms with Crippen LogP contribution in [0.15, 0.2) is 6.33 Å². The van der Waals surface area contributed by atoms with Crippen molar-refractivity contribution in [1.29, 1.82) is 0 Å². The van der Waals surface area contributed by atoms with Gasteiger partial charge in [-0.2, -0.15) is 0 Å². The molecule has 0 amide bonds. The summed E-state index contributed by atoms with van der Waals surface area (Å²) in [6.07, 6.45) is 4.00. The fourth-order valence-corrected chi connectivity index (χ4v) is 4.28. The van der Waals surface area contributed by atoms with Gasteiger partial charge in [0.2, 0.25) is 0 Å². The standard InChI is InChI=1S/C14H17N5O/c1-13(2)7-3-4-14(13,8(20)5-7)12-18-9-10(15)16-6-17-11(9)19-12/h6-7H,3-5H2,1-2H3,(H3,15,16,17,18,19). The molecule has 3 N–H and O–H groups in total. The predicted molar refractivity (Wildman–Crippen MR) is 73.9 cm³/mol. The normalized spacial score (nSPS) is 31.3. The highest BCUT2D eigenvalue weighted by Crippen LogP contribution is 2.64. The molecule has 2 aromatic heterocycles. The number of rotatable bonds is 1. The number of carbonyl (C=O) groups is 1. The van der Waals surface area contributed by atoms with E-state index in [-0.39, 0.29) is 5.41 Å². The highest BCUT2D eigenvalue weighted by molar-refractivity contribution is 5.95. The fourth-order valence-electron chi connectivity index (χ4n) is 4.28. The van der Waals surface area contributed by atoms with Crippen LogP contribution >= 0.6 is 0 Å². The topological polar surface area (TPSA) is 97.5 Å². The average molecular weight is 271 g/mol. The zero-order chi connectivity index (χ0) is 14.1. The molecule has 2 bridgehead atoms. The number of anilines is 1. The summed E-state index contributed by atoms with van der Waals surface area (Å²) in [5.74, 6) is 1.84. The molecule has 2 aliphatic carbocycles. The van der Waals surface area contributed by atoms with E-state index < -0.39 is 5.41 Å². The van der Waals surface area contributed by atoms with Gasteiger partial charge in [0.1, 0.15) is 23.5 Å². The lowest BCUT2D eigenvalue weighted by atomic mass is 9.68. The van der Waals surface area contributed by atoms with Crippen molar-refractivity contribution in [2.24, 2.45) is 11.3 Å². The summed E-state index contributed by atoms with van der Waals surface area (Å²) < 4.78 is 0. The van der Waals surface area contributed by atoms with E-state index in [4.69, 9.17) is 5.73 Å². The highest BCUT2D eigenvalue weighted by Gasteiger charge is 2.66. The van der Waals surface area contributed by atoms with E-state index in [0.29, 0.717) is 35.1 Å². The van der Waals surface area contributed by atoms with Gasteiger partial charge in [0.15, 0.2) is 11.5 Å². The molecule has 6 heteroatoms. The molecule has 104 valence electrons. The second-order valence-corrected chi connectivity index (χ2v) is 6.53. The second kappa shape index (κ2) is 3.37. The third kappa shape index (κ3) is 1.11. The van der Waals surface area contributed by atoms with Crippen molar-refractivity contribution in [3.8, 4) is 0 Å². The van der Waals surface area contributed by atoms with Gasteiger partial charge in [0.25, 0.3) is 0 Å². The number of hydrogen-bond donors (Lipinski definition) is 2. The molecule has 0 aromatic carbocycles. The van der Waals surface area contributed by atoms with Crippen LogP contribution in [0, 0.1) is 11.3 Å². The lowest BCUT2D eigenvalue weighted by Crippen LogP contribution is -2.41. The lowest BCUT2D eigenvalue weighted by molar-refractivity contribution is -0.124. The van der Waals surface area contributed by atoms with Gasteiger partial charge in [-0.15, -0.1) is 0 Å². The number of imidazole rings is 1. The Bertz CT molecular complexity index is 734. The quantitative estimate of drug-likeness (QED) is 0.820. The number of hydrogen-bond acceptors (Lipinski definition) is 5. The van der Waals surface area contributed by atoms with E-state index in [9.17, 15) is 4.79 Å². The number of nitrogens with one attached hydrogen (secondary N) is 1. The molecule has 2 unspecified atom stereocenters. The van der Waals surface area contributed by atoms with E-state index in [0.717, 1.165) is 18.7 Å². The maximum Gasteiger partial charge on any atom is 0.183 e. The third-order valence-corrected chi connectivity index (χ3v) is 5.62. The van der Waals surface area contributed by atoms with Crippen LogP contribution in [0.25, 0.3) is 11.2 Å². The molecule has 2 aromatic rings. The van der Waals surface area contributed by atoms with Crippen LogP contribution in [0.5, 0.6) is 0 Å². The zero-order valence-electron chi connectivity index (χ0n) is 11.6. The molecule has 2 fully saturated rings. The zero-order valence-corrected chi connectivity index (χ0v) is 11.6. The Kier molecular flexibility index (Phi) is 1.99. The molecule has 0 radical (unpaired) electrons. The molecular formula is C14H17N5O. The van der Waals surface area contributed by atoms with Crippen LogP contribution in [-0.2, 0) is 10.2 Å². The fraction of sp³-hybridized carbons (Fsp3) is 0.571. The summed E-state index contributed by atoms with van der Waals surface area (Å²) in [4.78, 5) is 28.5. The summed E-state index contributed by atoms with van der Waals surface area (Å²) in [5.41, 5.74) is 6.46. The Hall–Kier alpha value is -1.98. The van der Waals surface area contributed by atoms with Gasteiger partial charge in [-0.1, -0.05) is 13.8 Å². The molecule has 4 rings (SSSR count). The molecular weight excluding hydrogens is 254 g/mol. The van der Waals surface area contributed by atoms with Crippen LogP contribution in [0.4, 0.5) is 5.82 Å². The number of nitrogens with two attached hydrogens (primary N) is 1. The Morgan fingerprint density at radius 2 is 2.20 bits per heavy atom. The maximum absolute atomic E-state index is 12.6. The largest absolute Gasteiger partial charge is 0.382 e. The van der Waals surface area contributed by atoms with Crippen LogP contribution < -0.4 is 5.73 Å². The van der Waals surface area contributed by atoms with Crippen molar-refractivity contribution >= 4 is 22.8 Å². The lowest BCUT2D eigenvalue weighted by Gasteiger charge is -2.34. The number of nitrogen functional groups attached to an aromatic ring is 1. The molecule has 0 saturated heterocycles. The van der Waals surface area contributed by atoms with E-state index >= 15 is 0 Å². The second-order valence-electron chi connectivity index (χ2n) is 6.53. The Morgan fingerprint density at radius 1 is 1.40 bits per heavy atom. The molecule has 0 aliphatic heterocycles. The van der Waals surface area contributed by atoms with E-state index in [1.807, 2.05) is 0 Å². The minimum absolute atomic E-state index is 0.0693. The molecule has 6 nitrogen and oxygen atoms in total. The van der Waals surface area contributed by atoms with Crippen LogP contribution in [0.1, 0.15) is 38.9 Å². The SMILES string of the molecule is CC1(C)C2CCC1(c1nc3ncnc(N)c3[nH]1)C(=O)C2. The number of aromatic amines is 1. The monoisotopic (exact) mass is 271 g/mol. The molecule has 0 spiro atoms. The van der Waals surface area contributed by atoms with Crippen LogP contribution in [0.2, 0.25) is 0 Å². The number of carbonyl (C=O) groups excluding carboxylic acids is 1. The molecule has 2 aliphatic rings. The number of fused-ring (bicyclic) bond motifs is 3. The van der Waals surface area contributed by atoms with Crippen molar-refractivity contribution in [2.75, 3.05) is 5.73 Å². The molecule has 2 atom stereocenters. The number of Topliss-reactive ketones (excluding diaryl/α,β-unsaturated/α-hetero) is 1. The van der Waals surface area contributed by atoms with Gasteiger partial charge < -0.3 is 10.7 Å². The van der Waals surface area contributed by atoms with Crippen LogP contribution in [-0.4, -0.2) is 25.7 Å². The molecule has 20 heavy (non-hydrogen) atoms. The summed E-state index contributed by atoms with van der Waals surface area (Å²) in [5, 5.41) is 0. The smallest absolute Gasteiger partial charge is 0.183 e. The molecule has 2 heterocycles. The summed E-state index contributed by atoms with van der Waals surface area (Å²) >= 11 is 0. The summed E-state index contributed by atoms with van der Waals surface area (Å²) in [6, 6.07) is 0. The van der Waals surface area contributed by atoms with Gasteiger partial charge >= 0.3 is 0 Å². The minimum atomic E-state index is -0.509. The van der Waals surface area contributed by atoms with Crippen molar-refractivity contribution in [2.45, 2.75) is 38.5 Å². The van der Waals surface area contributed by atoms with Gasteiger partial charge in [-0.25, -0.2) is 15.0 Å². The van der Waals surface area contributed by atoms with Crippen molar-refractivity contribution in [3.05, 3.63) is 12.2 Å². The van der Waals surface area contributed by atoms with Gasteiger partial charge in [-0.3, -0.25) is 4.79 Å². The first-order valence-electron chi connectivity index (χ1n) is 6.97. The van der Waals surface area contributed by atoms with Crippen molar-refractivity contribution in [1.82, 2.24) is 19.9 Å². The maximum atomic E-state index is 12.6.